The zero-order valence-electron chi connectivity index (χ0n) is 12.8. The highest BCUT2D eigenvalue weighted by Gasteiger charge is 2.13. The predicted molar refractivity (Wildman–Crippen MR) is 88.5 cm³/mol. The minimum Gasteiger partial charge on any atom is -0.452 e. The Morgan fingerprint density at radius 1 is 1.32 bits per heavy atom. The highest BCUT2D eigenvalue weighted by molar-refractivity contribution is 6.30. The molecular weight excluding hydrogens is 302 g/mol. The molecule has 0 bridgehead atoms. The van der Waals surface area contributed by atoms with Crippen molar-refractivity contribution in [2.24, 2.45) is 0 Å². The summed E-state index contributed by atoms with van der Waals surface area (Å²) in [7, 11) is 0. The Hall–Kier alpha value is -2.07. The van der Waals surface area contributed by atoms with E-state index in [0.717, 1.165) is 11.1 Å². The fourth-order valence-corrected chi connectivity index (χ4v) is 1.84. The van der Waals surface area contributed by atoms with Gasteiger partial charge in [-0.3, -0.25) is 4.79 Å². The van der Waals surface area contributed by atoms with Crippen molar-refractivity contribution >= 4 is 29.6 Å². The van der Waals surface area contributed by atoms with Crippen LogP contribution >= 0.6 is 11.6 Å². The lowest BCUT2D eigenvalue weighted by molar-refractivity contribution is -0.147. The minimum absolute atomic E-state index is 0.237. The van der Waals surface area contributed by atoms with Gasteiger partial charge in [0.2, 0.25) is 0 Å². The zero-order valence-corrected chi connectivity index (χ0v) is 13.6. The largest absolute Gasteiger partial charge is 0.452 e. The van der Waals surface area contributed by atoms with Crippen molar-refractivity contribution in [2.75, 3.05) is 19.7 Å². The summed E-state index contributed by atoms with van der Waals surface area (Å²) in [5.41, 5.74) is 1.70. The van der Waals surface area contributed by atoms with E-state index in [4.69, 9.17) is 16.3 Å². The Morgan fingerprint density at radius 3 is 2.50 bits per heavy atom. The number of hydrogen-bond acceptors (Lipinski definition) is 3. The smallest absolute Gasteiger partial charge is 0.331 e. The first-order chi connectivity index (χ1) is 10.4. The fraction of sp³-hybridized carbons (Fsp3) is 0.294. The van der Waals surface area contributed by atoms with E-state index in [2.05, 4.69) is 6.58 Å². The van der Waals surface area contributed by atoms with Gasteiger partial charge in [-0.15, -0.1) is 0 Å². The molecule has 0 fully saturated rings. The topological polar surface area (TPSA) is 46.6 Å². The third-order valence-corrected chi connectivity index (χ3v) is 3.07. The second-order valence-electron chi connectivity index (χ2n) is 4.86. The van der Waals surface area contributed by atoms with Gasteiger partial charge in [0.25, 0.3) is 5.91 Å². The average molecular weight is 322 g/mol. The first-order valence-corrected chi connectivity index (χ1v) is 7.32. The van der Waals surface area contributed by atoms with Crippen molar-refractivity contribution in [3.05, 3.63) is 53.1 Å². The quantitative estimate of drug-likeness (QED) is 0.440. The van der Waals surface area contributed by atoms with Crippen LogP contribution in [0.3, 0.4) is 0 Å². The van der Waals surface area contributed by atoms with E-state index in [0.29, 0.717) is 18.1 Å². The number of esters is 1. The van der Waals surface area contributed by atoms with Gasteiger partial charge in [0.15, 0.2) is 6.61 Å². The first kappa shape index (κ1) is 18.0. The lowest BCUT2D eigenvalue weighted by Gasteiger charge is -2.20. The monoisotopic (exact) mass is 321 g/mol. The summed E-state index contributed by atoms with van der Waals surface area (Å²) >= 11 is 5.77. The number of hydrogen-bond donors (Lipinski definition) is 0. The molecule has 0 spiro atoms. The molecule has 0 atom stereocenters. The molecule has 1 amide bonds. The molecule has 1 rings (SSSR count). The van der Waals surface area contributed by atoms with E-state index < -0.39 is 5.97 Å². The van der Waals surface area contributed by atoms with Crippen LogP contribution in [0.15, 0.2) is 42.5 Å². The van der Waals surface area contributed by atoms with Crippen molar-refractivity contribution in [3.8, 4) is 0 Å². The summed E-state index contributed by atoms with van der Waals surface area (Å²) in [6.45, 7) is 8.21. The van der Waals surface area contributed by atoms with Crippen molar-refractivity contribution in [3.63, 3.8) is 0 Å². The van der Waals surface area contributed by atoms with Crippen LogP contribution in [-0.2, 0) is 14.3 Å². The molecule has 0 unspecified atom stereocenters. The molecule has 0 radical (unpaired) electrons. The van der Waals surface area contributed by atoms with Crippen LogP contribution in [-0.4, -0.2) is 36.5 Å². The van der Waals surface area contributed by atoms with Gasteiger partial charge in [0.05, 0.1) is 0 Å². The molecule has 0 aromatic heterocycles. The van der Waals surface area contributed by atoms with E-state index in [1.165, 1.54) is 6.08 Å². The summed E-state index contributed by atoms with van der Waals surface area (Å²) in [4.78, 5) is 25.1. The van der Waals surface area contributed by atoms with Gasteiger partial charge < -0.3 is 9.64 Å². The normalized spacial score (nSPS) is 10.5. The third kappa shape index (κ3) is 6.59. The molecule has 1 aromatic rings. The number of halogens is 1. The number of rotatable bonds is 7. The molecule has 0 aliphatic carbocycles. The van der Waals surface area contributed by atoms with Crippen LogP contribution in [0.25, 0.3) is 6.08 Å². The van der Waals surface area contributed by atoms with Gasteiger partial charge in [-0.2, -0.15) is 0 Å². The molecule has 0 aliphatic heterocycles. The third-order valence-electron chi connectivity index (χ3n) is 2.81. The molecule has 0 heterocycles. The summed E-state index contributed by atoms with van der Waals surface area (Å²) in [6, 6.07) is 7.02. The van der Waals surface area contributed by atoms with Crippen LogP contribution in [0.1, 0.15) is 19.4 Å². The average Bonchev–Trinajstić information content (AvgIpc) is 2.49. The van der Waals surface area contributed by atoms with Crippen molar-refractivity contribution < 1.29 is 14.3 Å². The second kappa shape index (κ2) is 9.05. The minimum atomic E-state index is -0.560. The highest BCUT2D eigenvalue weighted by atomic mass is 35.5. The van der Waals surface area contributed by atoms with Crippen molar-refractivity contribution in [1.82, 2.24) is 4.90 Å². The van der Waals surface area contributed by atoms with Crippen LogP contribution < -0.4 is 0 Å². The number of amides is 1. The Labute approximate surface area is 136 Å². The predicted octanol–water partition coefficient (Wildman–Crippen LogP) is 3.32. The van der Waals surface area contributed by atoms with Gasteiger partial charge in [-0.05, 0) is 37.6 Å². The second-order valence-corrected chi connectivity index (χ2v) is 5.29. The Bertz CT molecular complexity index is 564. The summed E-state index contributed by atoms with van der Waals surface area (Å²) in [5.74, 6) is -0.798. The summed E-state index contributed by atoms with van der Waals surface area (Å²) in [6.07, 6.45) is 2.89. The number of nitrogens with zero attached hydrogens (tertiary/aromatic N) is 1. The van der Waals surface area contributed by atoms with Gasteiger partial charge >= 0.3 is 5.97 Å². The number of ether oxygens (including phenoxy) is 1. The zero-order chi connectivity index (χ0) is 16.5. The van der Waals surface area contributed by atoms with Gasteiger partial charge in [-0.1, -0.05) is 35.9 Å². The van der Waals surface area contributed by atoms with Crippen molar-refractivity contribution in [1.29, 1.82) is 0 Å². The maximum absolute atomic E-state index is 11.9. The number of carbonyl (C=O) groups is 2. The molecule has 0 aliphatic rings. The molecule has 5 heteroatoms. The van der Waals surface area contributed by atoms with E-state index in [9.17, 15) is 9.59 Å². The number of likely N-dealkylation sites (N-methyl/N-ethyl adjacent to an activating group) is 1. The lowest BCUT2D eigenvalue weighted by Crippen LogP contribution is -2.35. The van der Waals surface area contributed by atoms with Crippen LogP contribution in [0.2, 0.25) is 5.02 Å². The molecule has 118 valence electrons. The molecule has 0 N–H and O–H groups in total. The molecule has 22 heavy (non-hydrogen) atoms. The van der Waals surface area contributed by atoms with E-state index >= 15 is 0 Å². The first-order valence-electron chi connectivity index (χ1n) is 6.95. The van der Waals surface area contributed by atoms with E-state index in [-0.39, 0.29) is 12.5 Å². The Kier molecular flexibility index (Phi) is 7.40. The van der Waals surface area contributed by atoms with Crippen LogP contribution in [0.4, 0.5) is 0 Å². The van der Waals surface area contributed by atoms with E-state index in [1.54, 1.807) is 35.2 Å². The summed E-state index contributed by atoms with van der Waals surface area (Å²) < 4.78 is 4.94. The lowest BCUT2D eigenvalue weighted by atomic mass is 10.2. The van der Waals surface area contributed by atoms with E-state index in [1.807, 2.05) is 13.8 Å². The summed E-state index contributed by atoms with van der Waals surface area (Å²) in [5, 5.41) is 0.627. The molecule has 0 saturated heterocycles. The number of carbonyl (C=O) groups excluding carboxylic acids is 2. The maximum Gasteiger partial charge on any atom is 0.331 e. The molecular formula is C17H20ClNO3. The van der Waals surface area contributed by atoms with Crippen molar-refractivity contribution in [2.45, 2.75) is 13.8 Å². The maximum atomic E-state index is 11.9. The SMILES string of the molecule is C=C(C)CN(CC)C(=O)COC(=O)/C=C/c1ccc(Cl)cc1. The standard InChI is InChI=1S/C17H20ClNO3/c1-4-19(11-13(2)3)16(20)12-22-17(21)10-7-14-5-8-15(18)9-6-14/h5-10H,2,4,11-12H2,1,3H3/b10-7+. The molecule has 1 aromatic carbocycles. The fourth-order valence-electron chi connectivity index (χ4n) is 1.71. The Balaban J connectivity index is 2.46. The molecule has 4 nitrogen and oxygen atoms in total. The van der Waals surface area contributed by atoms with Gasteiger partial charge in [0, 0.05) is 24.2 Å². The Morgan fingerprint density at radius 2 is 1.95 bits per heavy atom. The number of benzene rings is 1. The van der Waals surface area contributed by atoms with Crippen LogP contribution in [0.5, 0.6) is 0 Å². The highest BCUT2D eigenvalue weighted by Crippen LogP contribution is 2.10. The van der Waals surface area contributed by atoms with Gasteiger partial charge in [0.1, 0.15) is 0 Å². The molecule has 0 saturated carbocycles. The van der Waals surface area contributed by atoms with Crippen LogP contribution in [0, 0.1) is 0 Å². The van der Waals surface area contributed by atoms with Gasteiger partial charge in [-0.25, -0.2) is 4.79 Å².